The molecule has 0 bridgehead atoms. The lowest BCUT2D eigenvalue weighted by Crippen LogP contribution is -2.46. The second-order valence-corrected chi connectivity index (χ2v) is 13.4. The third-order valence-electron chi connectivity index (χ3n) is 9.06. The highest BCUT2D eigenvalue weighted by molar-refractivity contribution is 5.90. The van der Waals surface area contributed by atoms with Gasteiger partial charge in [-0.1, -0.05) is 72.8 Å². The number of aliphatic hydroxyl groups excluding tert-OH is 2. The first-order valence-corrected chi connectivity index (χ1v) is 16.4. The van der Waals surface area contributed by atoms with E-state index in [0.29, 0.717) is 22.3 Å². The molecule has 4 aromatic carbocycles. The molecule has 2 heterocycles. The van der Waals surface area contributed by atoms with E-state index < -0.39 is 60.1 Å². The molecule has 2 unspecified atom stereocenters. The van der Waals surface area contributed by atoms with Gasteiger partial charge < -0.3 is 38.6 Å². The predicted octanol–water partition coefficient (Wildman–Crippen LogP) is 6.40. The summed E-state index contributed by atoms with van der Waals surface area (Å²) in [5, 5.41) is 23.4. The largest absolute Gasteiger partial charge is 0.465 e. The van der Waals surface area contributed by atoms with Crippen molar-refractivity contribution in [1.82, 2.24) is 0 Å². The fourth-order valence-electron chi connectivity index (χ4n) is 6.59. The van der Waals surface area contributed by atoms with E-state index in [1.54, 1.807) is 52.0 Å². The number of hydrogen-bond acceptors (Lipinski definition) is 10. The number of carbonyl (C=O) groups is 2. The molecule has 50 heavy (non-hydrogen) atoms. The van der Waals surface area contributed by atoms with Crippen LogP contribution >= 0.6 is 0 Å². The van der Waals surface area contributed by atoms with Gasteiger partial charge in [0.15, 0.2) is 11.6 Å². The zero-order valence-electron chi connectivity index (χ0n) is 28.9. The summed E-state index contributed by atoms with van der Waals surface area (Å²) in [6.45, 7) is 7.10. The second kappa shape index (κ2) is 14.1. The quantitative estimate of drug-likeness (QED) is 0.191. The number of hydrogen-bond donors (Lipinski definition) is 2. The highest BCUT2D eigenvalue weighted by atomic mass is 16.8. The first-order valence-electron chi connectivity index (χ1n) is 16.4. The van der Waals surface area contributed by atoms with Gasteiger partial charge in [-0.25, -0.2) is 9.59 Å². The third-order valence-corrected chi connectivity index (χ3v) is 9.06. The standard InChI is InChI=1S/C40H42O10/c1-39(2)47-33(31(41)27-15-7-23(8-16-27)25-11-19-29(20-12-25)37(43)45-5)35(49-39)36-34(48-40(3,4)50-36)32(42)28-17-9-24(10-18-28)26-13-21-30(22-14-26)38(44)46-6/h7-22,31-36,41-42H,1-6H3/t31?,32?,33-,34+,35+,36-. The molecule has 2 fully saturated rings. The molecule has 0 aliphatic carbocycles. The molecule has 6 atom stereocenters. The minimum absolute atomic E-state index is 0.403. The minimum Gasteiger partial charge on any atom is -0.465 e. The van der Waals surface area contributed by atoms with Crippen LogP contribution in [0, 0.1) is 0 Å². The normalized spacial score (nSPS) is 23.6. The van der Waals surface area contributed by atoms with Crippen molar-refractivity contribution in [2.75, 3.05) is 14.2 Å². The summed E-state index contributed by atoms with van der Waals surface area (Å²) < 4.78 is 34.9. The number of rotatable bonds is 9. The Morgan fingerprint density at radius 3 is 1.08 bits per heavy atom. The number of benzene rings is 4. The molecule has 2 saturated heterocycles. The molecular weight excluding hydrogens is 640 g/mol. The van der Waals surface area contributed by atoms with Crippen LogP contribution < -0.4 is 0 Å². The summed E-state index contributed by atoms with van der Waals surface area (Å²) in [6, 6.07) is 29.1. The first kappa shape index (κ1) is 35.4. The van der Waals surface area contributed by atoms with Gasteiger partial charge in [-0.05, 0) is 85.3 Å². The van der Waals surface area contributed by atoms with Gasteiger partial charge in [-0.2, -0.15) is 0 Å². The Morgan fingerprint density at radius 1 is 0.520 bits per heavy atom. The van der Waals surface area contributed by atoms with Gasteiger partial charge in [0.1, 0.15) is 36.6 Å². The van der Waals surface area contributed by atoms with Crippen LogP contribution in [0.3, 0.4) is 0 Å². The van der Waals surface area contributed by atoms with Gasteiger partial charge in [0.2, 0.25) is 0 Å². The maximum atomic E-state index is 11.8. The zero-order valence-corrected chi connectivity index (χ0v) is 28.9. The summed E-state index contributed by atoms with van der Waals surface area (Å²) >= 11 is 0. The lowest BCUT2D eigenvalue weighted by atomic mass is 9.90. The summed E-state index contributed by atoms with van der Waals surface area (Å²) in [5.41, 5.74) is 5.75. The maximum Gasteiger partial charge on any atom is 0.337 e. The van der Waals surface area contributed by atoms with Crippen LogP contribution in [-0.4, -0.2) is 72.4 Å². The Morgan fingerprint density at radius 2 is 0.800 bits per heavy atom. The highest BCUT2D eigenvalue weighted by Crippen LogP contribution is 2.45. The minimum atomic E-state index is -1.09. The number of aliphatic hydroxyl groups is 2. The van der Waals surface area contributed by atoms with Crippen molar-refractivity contribution in [2.24, 2.45) is 0 Å². The van der Waals surface area contributed by atoms with E-state index in [1.165, 1.54) is 14.2 Å². The summed E-state index contributed by atoms with van der Waals surface area (Å²) in [5.74, 6) is -2.90. The van der Waals surface area contributed by atoms with Crippen molar-refractivity contribution >= 4 is 11.9 Å². The molecule has 0 radical (unpaired) electrons. The van der Waals surface area contributed by atoms with Crippen molar-refractivity contribution in [3.8, 4) is 22.3 Å². The molecule has 2 aliphatic rings. The van der Waals surface area contributed by atoms with Crippen LogP contribution in [0.15, 0.2) is 97.1 Å². The van der Waals surface area contributed by atoms with E-state index in [9.17, 15) is 19.8 Å². The van der Waals surface area contributed by atoms with Crippen molar-refractivity contribution in [1.29, 1.82) is 0 Å². The molecule has 0 aromatic heterocycles. The maximum absolute atomic E-state index is 11.8. The fraction of sp³-hybridized carbons (Fsp3) is 0.350. The van der Waals surface area contributed by atoms with Crippen LogP contribution in [0.25, 0.3) is 22.3 Å². The summed E-state index contributed by atoms with van der Waals surface area (Å²) in [7, 11) is 2.69. The van der Waals surface area contributed by atoms with Gasteiger partial charge >= 0.3 is 11.9 Å². The van der Waals surface area contributed by atoms with Crippen molar-refractivity contribution in [3.63, 3.8) is 0 Å². The smallest absolute Gasteiger partial charge is 0.337 e. The predicted molar refractivity (Wildman–Crippen MR) is 184 cm³/mol. The monoisotopic (exact) mass is 682 g/mol. The molecule has 262 valence electrons. The molecule has 0 saturated carbocycles. The average Bonchev–Trinajstić information content (AvgIpc) is 3.64. The average molecular weight is 683 g/mol. The highest BCUT2D eigenvalue weighted by Gasteiger charge is 2.57. The van der Waals surface area contributed by atoms with E-state index in [0.717, 1.165) is 22.3 Å². The molecule has 2 N–H and O–H groups in total. The first-order chi connectivity index (χ1) is 23.8. The lowest BCUT2D eigenvalue weighted by Gasteiger charge is -2.30. The van der Waals surface area contributed by atoms with Crippen LogP contribution in [0.1, 0.15) is 71.7 Å². The van der Waals surface area contributed by atoms with Crippen LogP contribution in [-0.2, 0) is 28.4 Å². The fourth-order valence-corrected chi connectivity index (χ4v) is 6.59. The SMILES string of the molecule is COC(=O)c1ccc(-c2ccc(C(O)[C@H]3OC(C)(C)O[C@@H]3[C@@H]3OC(C)(C)O[C@H]3C(O)c3ccc(-c4ccc(C(=O)OC)cc4)cc3)cc2)cc1. The molecule has 4 aromatic rings. The molecule has 10 heteroatoms. The molecule has 0 amide bonds. The Labute approximate surface area is 291 Å². The van der Waals surface area contributed by atoms with E-state index in [-0.39, 0.29) is 0 Å². The number of methoxy groups -OCH3 is 2. The Balaban J connectivity index is 1.21. The summed E-state index contributed by atoms with van der Waals surface area (Å²) in [6.07, 6.45) is -5.45. The topological polar surface area (TPSA) is 130 Å². The second-order valence-electron chi connectivity index (χ2n) is 13.4. The van der Waals surface area contributed by atoms with Gasteiger partial charge in [0.25, 0.3) is 0 Å². The molecule has 0 spiro atoms. The van der Waals surface area contributed by atoms with Gasteiger partial charge in [0.05, 0.1) is 25.3 Å². The van der Waals surface area contributed by atoms with E-state index in [4.69, 9.17) is 28.4 Å². The Kier molecular flexibility index (Phi) is 9.96. The van der Waals surface area contributed by atoms with Gasteiger partial charge in [-0.15, -0.1) is 0 Å². The number of ether oxygens (including phenoxy) is 6. The van der Waals surface area contributed by atoms with Crippen LogP contribution in [0.4, 0.5) is 0 Å². The number of esters is 2. The van der Waals surface area contributed by atoms with Crippen molar-refractivity contribution in [3.05, 3.63) is 119 Å². The van der Waals surface area contributed by atoms with Gasteiger partial charge in [0, 0.05) is 0 Å². The van der Waals surface area contributed by atoms with E-state index >= 15 is 0 Å². The van der Waals surface area contributed by atoms with Crippen molar-refractivity contribution in [2.45, 2.75) is 75.9 Å². The van der Waals surface area contributed by atoms with Crippen LogP contribution in [0.5, 0.6) is 0 Å². The van der Waals surface area contributed by atoms with Crippen molar-refractivity contribution < 1.29 is 48.2 Å². The van der Waals surface area contributed by atoms with E-state index in [1.807, 2.05) is 72.8 Å². The third kappa shape index (κ3) is 7.36. The lowest BCUT2D eigenvalue weighted by molar-refractivity contribution is -0.176. The molecule has 6 rings (SSSR count). The Hall–Kier alpha value is -4.42. The van der Waals surface area contributed by atoms with Crippen LogP contribution in [0.2, 0.25) is 0 Å². The number of carbonyl (C=O) groups excluding carboxylic acids is 2. The van der Waals surface area contributed by atoms with E-state index in [2.05, 4.69) is 0 Å². The van der Waals surface area contributed by atoms with Gasteiger partial charge in [-0.3, -0.25) is 0 Å². The Bertz CT molecular complexity index is 1660. The molecular formula is C40H42O10. The molecule has 10 nitrogen and oxygen atoms in total. The summed E-state index contributed by atoms with van der Waals surface area (Å²) in [4.78, 5) is 23.6. The zero-order chi connectivity index (χ0) is 35.8. The molecule has 2 aliphatic heterocycles.